The van der Waals surface area contributed by atoms with Crippen molar-refractivity contribution in [2.24, 2.45) is 0 Å². The standard InChI is InChI=1S/C35H27F2N7O3S/c1-48(46,47)10-8-21-11-23(14-25(36)12-21)31-34-29(7-9-39-31)41-35(42-34)33-27-16-22(17-28(37)32(27)43-44-33)24-15-26(19-38-18-24)40-30(45)13-20-5-3-2-4-6-20/h2-7,9,11-12,14-19H,8,10,13H2,1H3,(H,40,45)(H,41,42)(H,43,44). The monoisotopic (exact) mass is 663 g/mol. The zero-order chi connectivity index (χ0) is 33.4. The molecule has 0 aliphatic carbocycles. The van der Waals surface area contributed by atoms with Crippen molar-refractivity contribution >= 4 is 43.4 Å². The number of amides is 1. The summed E-state index contributed by atoms with van der Waals surface area (Å²) in [7, 11) is -3.24. The van der Waals surface area contributed by atoms with Crippen LogP contribution in [0.4, 0.5) is 14.5 Å². The molecule has 3 aromatic carbocycles. The van der Waals surface area contributed by atoms with Crippen LogP contribution in [0.3, 0.4) is 0 Å². The topological polar surface area (TPSA) is 146 Å². The first kappa shape index (κ1) is 30.8. The lowest BCUT2D eigenvalue weighted by atomic mass is 10.0. The summed E-state index contributed by atoms with van der Waals surface area (Å²) < 4.78 is 53.5. The Hall–Kier alpha value is -5.82. The number of aromatic nitrogens is 6. The van der Waals surface area contributed by atoms with Gasteiger partial charge in [-0.3, -0.25) is 19.9 Å². The molecule has 3 N–H and O–H groups in total. The van der Waals surface area contributed by atoms with E-state index in [1.807, 2.05) is 30.3 Å². The molecule has 7 aromatic rings. The number of carbonyl (C=O) groups is 1. The van der Waals surface area contributed by atoms with E-state index < -0.39 is 21.5 Å². The minimum absolute atomic E-state index is 0.105. The van der Waals surface area contributed by atoms with Gasteiger partial charge in [0.05, 0.1) is 35.3 Å². The first-order valence-corrected chi connectivity index (χ1v) is 17.0. The van der Waals surface area contributed by atoms with Gasteiger partial charge in [0.15, 0.2) is 11.6 Å². The summed E-state index contributed by atoms with van der Waals surface area (Å²) in [6.45, 7) is 0. The molecule has 0 saturated carbocycles. The predicted octanol–water partition coefficient (Wildman–Crippen LogP) is 6.28. The number of aryl methyl sites for hydroxylation is 1. The molecule has 48 heavy (non-hydrogen) atoms. The second kappa shape index (κ2) is 12.4. The zero-order valence-corrected chi connectivity index (χ0v) is 26.3. The Morgan fingerprint density at radius 3 is 2.54 bits per heavy atom. The largest absolute Gasteiger partial charge is 0.337 e. The maximum absolute atomic E-state index is 15.4. The number of nitrogens with one attached hydrogen (secondary N) is 3. The summed E-state index contributed by atoms with van der Waals surface area (Å²) in [6, 6.07) is 20.2. The van der Waals surface area contributed by atoms with E-state index >= 15 is 4.39 Å². The fraction of sp³-hybridized carbons (Fsp3) is 0.114. The van der Waals surface area contributed by atoms with Gasteiger partial charge in [0.25, 0.3) is 0 Å². The Kier molecular flexibility index (Phi) is 7.97. The van der Waals surface area contributed by atoms with Crippen molar-refractivity contribution in [3.8, 4) is 33.9 Å². The number of hydrogen-bond donors (Lipinski definition) is 3. The molecule has 0 aliphatic heterocycles. The Bertz CT molecular complexity index is 2440. The van der Waals surface area contributed by atoms with Crippen LogP contribution in [0.15, 0.2) is 91.4 Å². The number of benzene rings is 3. The van der Waals surface area contributed by atoms with Gasteiger partial charge in [0.1, 0.15) is 32.4 Å². The summed E-state index contributed by atoms with van der Waals surface area (Å²) >= 11 is 0. The first-order chi connectivity index (χ1) is 23.1. The van der Waals surface area contributed by atoms with E-state index in [0.29, 0.717) is 61.6 Å². The molecule has 0 spiro atoms. The van der Waals surface area contributed by atoms with Crippen LogP contribution in [0.1, 0.15) is 11.1 Å². The molecule has 4 aromatic heterocycles. The molecule has 0 unspecified atom stereocenters. The van der Waals surface area contributed by atoms with Crippen molar-refractivity contribution in [1.29, 1.82) is 0 Å². The van der Waals surface area contributed by atoms with Crippen LogP contribution in [-0.4, -0.2) is 56.5 Å². The molecule has 0 fully saturated rings. The van der Waals surface area contributed by atoms with Crippen LogP contribution in [-0.2, 0) is 27.5 Å². The zero-order valence-electron chi connectivity index (χ0n) is 25.5. The van der Waals surface area contributed by atoms with Gasteiger partial charge < -0.3 is 10.3 Å². The van der Waals surface area contributed by atoms with Gasteiger partial charge in [-0.1, -0.05) is 30.3 Å². The number of nitrogens with zero attached hydrogens (tertiary/aromatic N) is 4. The van der Waals surface area contributed by atoms with E-state index in [2.05, 4.69) is 30.5 Å². The maximum Gasteiger partial charge on any atom is 0.228 e. The van der Waals surface area contributed by atoms with Crippen LogP contribution in [0.5, 0.6) is 0 Å². The van der Waals surface area contributed by atoms with Crippen LogP contribution in [0, 0.1) is 11.6 Å². The van der Waals surface area contributed by atoms with Gasteiger partial charge in [-0.05, 0) is 65.6 Å². The second-order valence-corrected chi connectivity index (χ2v) is 13.8. The number of aromatic amines is 2. The van der Waals surface area contributed by atoms with Gasteiger partial charge in [-0.2, -0.15) is 5.10 Å². The number of anilines is 1. The quantitative estimate of drug-likeness (QED) is 0.165. The molecular weight excluding hydrogens is 636 g/mol. The van der Waals surface area contributed by atoms with E-state index in [-0.39, 0.29) is 30.0 Å². The van der Waals surface area contributed by atoms with Crippen LogP contribution >= 0.6 is 0 Å². The lowest BCUT2D eigenvalue weighted by Crippen LogP contribution is -2.14. The normalized spacial score (nSPS) is 11.7. The minimum atomic E-state index is -3.24. The molecule has 0 atom stereocenters. The molecular formula is C35H27F2N7O3S. The Labute approximate surface area is 273 Å². The molecule has 0 aliphatic rings. The van der Waals surface area contributed by atoms with E-state index in [9.17, 15) is 17.6 Å². The average Bonchev–Trinajstić information content (AvgIpc) is 3.68. The molecule has 7 rings (SSSR count). The average molecular weight is 664 g/mol. The summed E-state index contributed by atoms with van der Waals surface area (Å²) in [6.07, 6.45) is 6.14. The molecule has 4 heterocycles. The van der Waals surface area contributed by atoms with E-state index in [1.54, 1.807) is 36.7 Å². The molecule has 240 valence electrons. The predicted molar refractivity (Wildman–Crippen MR) is 180 cm³/mol. The summed E-state index contributed by atoms with van der Waals surface area (Å²) in [5.41, 5.74) is 5.33. The van der Waals surface area contributed by atoms with Crippen molar-refractivity contribution in [3.05, 3.63) is 114 Å². The SMILES string of the molecule is CS(=O)(=O)CCc1cc(F)cc(-c2nccc3[nH]c(-c4[nH]nc5c(F)cc(-c6cncc(NC(=O)Cc7ccccc7)c6)cc45)nc23)c1. The number of rotatable bonds is 9. The van der Waals surface area contributed by atoms with Crippen LogP contribution in [0.25, 0.3) is 55.8 Å². The fourth-order valence-corrected chi connectivity index (χ4v) is 6.18. The highest BCUT2D eigenvalue weighted by atomic mass is 32.2. The Balaban J connectivity index is 1.22. The number of sulfone groups is 1. The van der Waals surface area contributed by atoms with Gasteiger partial charge in [-0.15, -0.1) is 0 Å². The van der Waals surface area contributed by atoms with Crippen molar-refractivity contribution in [1.82, 2.24) is 30.1 Å². The molecule has 10 nitrogen and oxygen atoms in total. The molecule has 13 heteroatoms. The van der Waals surface area contributed by atoms with Crippen molar-refractivity contribution < 1.29 is 22.0 Å². The summed E-state index contributed by atoms with van der Waals surface area (Å²) in [4.78, 5) is 29.3. The third kappa shape index (κ3) is 6.53. The number of halogens is 2. The highest BCUT2D eigenvalue weighted by molar-refractivity contribution is 7.90. The number of fused-ring (bicyclic) bond motifs is 2. The minimum Gasteiger partial charge on any atom is -0.337 e. The van der Waals surface area contributed by atoms with E-state index in [4.69, 9.17) is 4.98 Å². The van der Waals surface area contributed by atoms with Gasteiger partial charge in [0, 0.05) is 35.2 Å². The highest BCUT2D eigenvalue weighted by Crippen LogP contribution is 2.34. The number of H-pyrrole nitrogens is 2. The summed E-state index contributed by atoms with van der Waals surface area (Å²) in [5.74, 6) is -1.06. The molecule has 1 amide bonds. The highest BCUT2D eigenvalue weighted by Gasteiger charge is 2.19. The second-order valence-electron chi connectivity index (χ2n) is 11.5. The number of pyridine rings is 2. The lowest BCUT2D eigenvalue weighted by Gasteiger charge is -2.08. The molecule has 0 radical (unpaired) electrons. The van der Waals surface area contributed by atoms with Gasteiger partial charge in [-0.25, -0.2) is 22.2 Å². The number of imidazole rings is 1. The summed E-state index contributed by atoms with van der Waals surface area (Å²) in [5, 5.41) is 10.4. The van der Waals surface area contributed by atoms with Gasteiger partial charge in [0.2, 0.25) is 5.91 Å². The fourth-order valence-electron chi connectivity index (χ4n) is 5.57. The molecule has 0 saturated heterocycles. The van der Waals surface area contributed by atoms with Crippen molar-refractivity contribution in [2.45, 2.75) is 12.8 Å². The van der Waals surface area contributed by atoms with E-state index in [1.165, 1.54) is 24.4 Å². The Morgan fingerprint density at radius 2 is 1.73 bits per heavy atom. The smallest absolute Gasteiger partial charge is 0.228 e. The first-order valence-electron chi connectivity index (χ1n) is 14.9. The third-order valence-electron chi connectivity index (χ3n) is 7.81. The maximum atomic E-state index is 15.4. The van der Waals surface area contributed by atoms with Gasteiger partial charge >= 0.3 is 0 Å². The molecule has 0 bridgehead atoms. The third-order valence-corrected chi connectivity index (χ3v) is 8.75. The number of carbonyl (C=O) groups excluding carboxylic acids is 1. The van der Waals surface area contributed by atoms with Crippen molar-refractivity contribution in [3.63, 3.8) is 0 Å². The van der Waals surface area contributed by atoms with Crippen molar-refractivity contribution in [2.75, 3.05) is 17.3 Å². The van der Waals surface area contributed by atoms with Crippen LogP contribution < -0.4 is 5.32 Å². The Morgan fingerprint density at radius 1 is 0.896 bits per heavy atom. The lowest BCUT2D eigenvalue weighted by molar-refractivity contribution is -0.115. The number of hydrogen-bond acceptors (Lipinski definition) is 7. The van der Waals surface area contributed by atoms with E-state index in [0.717, 1.165) is 11.8 Å². The van der Waals surface area contributed by atoms with Crippen LogP contribution in [0.2, 0.25) is 0 Å².